The summed E-state index contributed by atoms with van der Waals surface area (Å²) < 4.78 is 18.9. The minimum Gasteiger partial charge on any atom is -0.465 e. The molecule has 2 aromatic rings. The summed E-state index contributed by atoms with van der Waals surface area (Å²) >= 11 is 0. The lowest BCUT2D eigenvalue weighted by atomic mass is 10.1. The number of guanidine groups is 1. The number of aliphatic imine (C=N–C) groups is 1. The van der Waals surface area contributed by atoms with Gasteiger partial charge in [-0.1, -0.05) is 12.1 Å². The minimum absolute atomic E-state index is 0.203. The second-order valence-corrected chi connectivity index (χ2v) is 6.96. The van der Waals surface area contributed by atoms with E-state index in [2.05, 4.69) is 26.6 Å². The van der Waals surface area contributed by atoms with Crippen LogP contribution in [0.3, 0.4) is 0 Å². The van der Waals surface area contributed by atoms with Crippen molar-refractivity contribution in [3.05, 3.63) is 59.3 Å². The summed E-state index contributed by atoms with van der Waals surface area (Å²) in [5.74, 6) is 2.51. The molecular formula is C21H29FN4O. The number of nitrogens with one attached hydrogen (secondary N) is 2. The molecule has 1 aromatic carbocycles. The highest BCUT2D eigenvalue weighted by Crippen LogP contribution is 2.26. The van der Waals surface area contributed by atoms with Crippen molar-refractivity contribution < 1.29 is 8.81 Å². The van der Waals surface area contributed by atoms with Crippen LogP contribution in [0.2, 0.25) is 0 Å². The Morgan fingerprint density at radius 1 is 1.15 bits per heavy atom. The van der Waals surface area contributed by atoms with E-state index in [9.17, 15) is 4.39 Å². The van der Waals surface area contributed by atoms with Crippen molar-refractivity contribution in [2.24, 2.45) is 4.99 Å². The van der Waals surface area contributed by atoms with Crippen LogP contribution in [0.5, 0.6) is 0 Å². The van der Waals surface area contributed by atoms with Gasteiger partial charge in [0, 0.05) is 20.1 Å². The van der Waals surface area contributed by atoms with E-state index in [1.165, 1.54) is 25.0 Å². The first-order chi connectivity index (χ1) is 13.2. The van der Waals surface area contributed by atoms with Crippen LogP contribution >= 0.6 is 0 Å². The van der Waals surface area contributed by atoms with E-state index in [4.69, 9.17) is 4.42 Å². The summed E-state index contributed by atoms with van der Waals surface area (Å²) in [6.45, 7) is 5.65. The molecule has 0 radical (unpaired) electrons. The van der Waals surface area contributed by atoms with Crippen LogP contribution in [0.1, 0.15) is 36.0 Å². The molecule has 0 aliphatic carbocycles. The molecule has 6 heteroatoms. The average Bonchev–Trinajstić information content (AvgIpc) is 3.34. The van der Waals surface area contributed by atoms with Crippen molar-refractivity contribution in [2.75, 3.05) is 33.2 Å². The molecule has 1 saturated heterocycles. The van der Waals surface area contributed by atoms with Crippen LogP contribution in [-0.2, 0) is 6.42 Å². The van der Waals surface area contributed by atoms with Gasteiger partial charge in [-0.05, 0) is 69.1 Å². The Bertz CT molecular complexity index is 735. The van der Waals surface area contributed by atoms with Crippen LogP contribution < -0.4 is 10.6 Å². The van der Waals surface area contributed by atoms with Gasteiger partial charge in [-0.2, -0.15) is 0 Å². The minimum atomic E-state index is -0.203. The highest BCUT2D eigenvalue weighted by atomic mass is 19.1. The maximum atomic E-state index is 13.0. The molecule has 0 spiro atoms. The summed E-state index contributed by atoms with van der Waals surface area (Å²) in [7, 11) is 1.77. The van der Waals surface area contributed by atoms with E-state index in [0.29, 0.717) is 0 Å². The van der Waals surface area contributed by atoms with Crippen molar-refractivity contribution in [2.45, 2.75) is 32.2 Å². The molecule has 2 N–H and O–H groups in total. The van der Waals surface area contributed by atoms with E-state index in [0.717, 1.165) is 55.6 Å². The van der Waals surface area contributed by atoms with E-state index in [1.807, 2.05) is 25.1 Å². The smallest absolute Gasteiger partial charge is 0.191 e. The lowest BCUT2D eigenvalue weighted by molar-refractivity contribution is 0.213. The van der Waals surface area contributed by atoms with Crippen LogP contribution in [-0.4, -0.2) is 44.1 Å². The van der Waals surface area contributed by atoms with E-state index in [1.54, 1.807) is 7.05 Å². The van der Waals surface area contributed by atoms with Crippen LogP contribution in [0.25, 0.3) is 0 Å². The molecule has 1 unspecified atom stereocenters. The van der Waals surface area contributed by atoms with Gasteiger partial charge in [0.15, 0.2) is 5.96 Å². The number of hydrogen-bond acceptors (Lipinski definition) is 3. The zero-order valence-corrected chi connectivity index (χ0v) is 16.2. The molecule has 5 nitrogen and oxygen atoms in total. The van der Waals surface area contributed by atoms with Crippen LogP contribution in [0.15, 0.2) is 45.8 Å². The molecular weight excluding hydrogens is 343 g/mol. The molecule has 1 aromatic heterocycles. The number of halogens is 1. The summed E-state index contributed by atoms with van der Waals surface area (Å²) in [5, 5.41) is 6.76. The predicted molar refractivity (Wildman–Crippen MR) is 106 cm³/mol. The second-order valence-electron chi connectivity index (χ2n) is 6.96. The molecule has 2 heterocycles. The van der Waals surface area contributed by atoms with E-state index in [-0.39, 0.29) is 11.9 Å². The topological polar surface area (TPSA) is 52.8 Å². The summed E-state index contributed by atoms with van der Waals surface area (Å²) in [4.78, 5) is 6.79. The first kappa shape index (κ1) is 19.4. The SMILES string of the molecule is CN=C(NCCc1ccc(F)cc1)NCC(c1ccc(C)o1)N1CCCC1. The third kappa shape index (κ3) is 5.57. The third-order valence-corrected chi connectivity index (χ3v) is 4.98. The van der Waals surface area contributed by atoms with Crippen LogP contribution in [0, 0.1) is 12.7 Å². The maximum Gasteiger partial charge on any atom is 0.191 e. The number of likely N-dealkylation sites (tertiary alicyclic amines) is 1. The first-order valence-corrected chi connectivity index (χ1v) is 9.65. The molecule has 0 amide bonds. The van der Waals surface area contributed by atoms with Gasteiger partial charge >= 0.3 is 0 Å². The van der Waals surface area contributed by atoms with Crippen molar-refractivity contribution >= 4 is 5.96 Å². The van der Waals surface area contributed by atoms with Gasteiger partial charge in [0.2, 0.25) is 0 Å². The number of nitrogens with zero attached hydrogens (tertiary/aromatic N) is 2. The molecule has 3 rings (SSSR count). The van der Waals surface area contributed by atoms with E-state index >= 15 is 0 Å². The van der Waals surface area contributed by atoms with Gasteiger partial charge in [0.05, 0.1) is 6.04 Å². The summed E-state index contributed by atoms with van der Waals surface area (Å²) in [6.07, 6.45) is 3.29. The van der Waals surface area contributed by atoms with E-state index < -0.39 is 0 Å². The highest BCUT2D eigenvalue weighted by molar-refractivity contribution is 5.79. The fraction of sp³-hybridized carbons (Fsp3) is 0.476. The number of rotatable bonds is 7. The molecule has 1 aliphatic rings. The van der Waals surface area contributed by atoms with Crippen molar-refractivity contribution in [1.82, 2.24) is 15.5 Å². The standard InChI is InChI=1S/C21H29FN4O/c1-16-5-10-20(27-16)19(26-13-3-4-14-26)15-25-21(23-2)24-12-11-17-6-8-18(22)9-7-17/h5-10,19H,3-4,11-15H2,1-2H3,(H2,23,24,25). The Kier molecular flexibility index (Phi) is 6.87. The second kappa shape index (κ2) is 9.55. The average molecular weight is 372 g/mol. The lowest BCUT2D eigenvalue weighted by Gasteiger charge is -2.26. The molecule has 1 fully saturated rings. The Hall–Kier alpha value is -2.34. The number of hydrogen-bond donors (Lipinski definition) is 2. The number of aryl methyl sites for hydroxylation is 1. The van der Waals surface area contributed by atoms with Gasteiger partial charge in [-0.3, -0.25) is 9.89 Å². The highest BCUT2D eigenvalue weighted by Gasteiger charge is 2.26. The van der Waals surface area contributed by atoms with Gasteiger partial charge in [-0.25, -0.2) is 4.39 Å². The molecule has 1 atom stereocenters. The lowest BCUT2D eigenvalue weighted by Crippen LogP contribution is -2.43. The fourth-order valence-corrected chi connectivity index (χ4v) is 3.49. The summed E-state index contributed by atoms with van der Waals surface area (Å²) in [6, 6.07) is 10.9. The Labute approximate surface area is 160 Å². The first-order valence-electron chi connectivity index (χ1n) is 9.65. The van der Waals surface area contributed by atoms with Crippen molar-refractivity contribution in [3.63, 3.8) is 0 Å². The quantitative estimate of drug-likeness (QED) is 0.579. The third-order valence-electron chi connectivity index (χ3n) is 4.98. The van der Waals surface area contributed by atoms with Crippen molar-refractivity contribution in [1.29, 1.82) is 0 Å². The zero-order chi connectivity index (χ0) is 19.1. The van der Waals surface area contributed by atoms with Gasteiger partial charge in [-0.15, -0.1) is 0 Å². The van der Waals surface area contributed by atoms with Gasteiger partial charge < -0.3 is 15.1 Å². The fourth-order valence-electron chi connectivity index (χ4n) is 3.49. The predicted octanol–water partition coefficient (Wildman–Crippen LogP) is 3.27. The molecule has 1 aliphatic heterocycles. The normalized spacial score (nSPS) is 16.5. The Morgan fingerprint density at radius 2 is 1.89 bits per heavy atom. The maximum absolute atomic E-state index is 13.0. The van der Waals surface area contributed by atoms with Gasteiger partial charge in [0.1, 0.15) is 17.3 Å². The van der Waals surface area contributed by atoms with Gasteiger partial charge in [0.25, 0.3) is 0 Å². The summed E-state index contributed by atoms with van der Waals surface area (Å²) in [5.41, 5.74) is 1.10. The largest absolute Gasteiger partial charge is 0.465 e. The molecule has 0 saturated carbocycles. The monoisotopic (exact) mass is 372 g/mol. The molecule has 146 valence electrons. The molecule has 27 heavy (non-hydrogen) atoms. The number of benzene rings is 1. The van der Waals surface area contributed by atoms with Crippen molar-refractivity contribution in [3.8, 4) is 0 Å². The Morgan fingerprint density at radius 3 is 2.52 bits per heavy atom. The Balaban J connectivity index is 1.52. The van der Waals surface area contributed by atoms with Crippen LogP contribution in [0.4, 0.5) is 4.39 Å². The number of furan rings is 1. The zero-order valence-electron chi connectivity index (χ0n) is 16.2. The molecule has 0 bridgehead atoms.